The third-order valence-electron chi connectivity index (χ3n) is 4.05. The number of sulfonamides is 1. The van der Waals surface area contributed by atoms with Gasteiger partial charge in [-0.3, -0.25) is 4.79 Å². The van der Waals surface area contributed by atoms with Crippen molar-refractivity contribution in [2.75, 3.05) is 12.8 Å². The summed E-state index contributed by atoms with van der Waals surface area (Å²) in [6, 6.07) is 12.5. The summed E-state index contributed by atoms with van der Waals surface area (Å²) in [4.78, 5) is 11.5. The maximum atomic E-state index is 12.7. The third kappa shape index (κ3) is 4.00. The predicted octanol–water partition coefficient (Wildman–Crippen LogP) is 2.67. The molecule has 7 heteroatoms. The molecule has 0 amide bonds. The summed E-state index contributed by atoms with van der Waals surface area (Å²) in [6.07, 6.45) is 0. The molecule has 0 unspecified atom stereocenters. The Hall–Kier alpha value is -2.38. The number of rotatable bonds is 6. The van der Waals surface area contributed by atoms with E-state index < -0.39 is 22.0 Å². The van der Waals surface area contributed by atoms with Crippen LogP contribution < -0.4 is 5.73 Å². The van der Waals surface area contributed by atoms with Gasteiger partial charge in [0.05, 0.1) is 4.90 Å². The Labute approximate surface area is 147 Å². The minimum Gasteiger partial charge on any atom is -0.480 e. The summed E-state index contributed by atoms with van der Waals surface area (Å²) >= 11 is 0. The molecule has 2 aromatic rings. The SMILES string of the molecule is CC(C)[C@H](C(=O)O)N(C)S(=O)(=O)c1ccc(-c2ccc(N)cc2)cc1. The van der Waals surface area contributed by atoms with E-state index in [0.717, 1.165) is 15.4 Å². The van der Waals surface area contributed by atoms with E-state index in [-0.39, 0.29) is 10.8 Å². The zero-order chi connectivity index (χ0) is 18.8. The first-order chi connectivity index (χ1) is 11.6. The fourth-order valence-electron chi connectivity index (χ4n) is 2.67. The molecule has 0 saturated heterocycles. The van der Waals surface area contributed by atoms with Gasteiger partial charge >= 0.3 is 5.97 Å². The van der Waals surface area contributed by atoms with Crippen LogP contribution in [0.15, 0.2) is 53.4 Å². The molecule has 25 heavy (non-hydrogen) atoms. The van der Waals surface area contributed by atoms with Crippen molar-refractivity contribution in [2.24, 2.45) is 5.92 Å². The van der Waals surface area contributed by atoms with Crippen LogP contribution >= 0.6 is 0 Å². The first kappa shape index (κ1) is 19.0. The van der Waals surface area contributed by atoms with Gasteiger partial charge in [0.1, 0.15) is 6.04 Å². The summed E-state index contributed by atoms with van der Waals surface area (Å²) in [5.41, 5.74) is 8.08. The standard InChI is InChI=1S/C18H22N2O4S/c1-12(2)17(18(21)22)20(3)25(23,24)16-10-6-14(7-11-16)13-4-8-15(19)9-5-13/h4-12,17H,19H2,1-3H3,(H,21,22)/t17-/m1/s1. The van der Waals surface area contributed by atoms with Gasteiger partial charge < -0.3 is 10.8 Å². The molecule has 2 rings (SSSR count). The lowest BCUT2D eigenvalue weighted by Crippen LogP contribution is -2.45. The Morgan fingerprint density at radius 1 is 1.00 bits per heavy atom. The molecule has 0 aliphatic carbocycles. The molecule has 0 spiro atoms. The zero-order valence-electron chi connectivity index (χ0n) is 14.4. The van der Waals surface area contributed by atoms with E-state index >= 15 is 0 Å². The van der Waals surface area contributed by atoms with Crippen molar-refractivity contribution in [3.8, 4) is 11.1 Å². The van der Waals surface area contributed by atoms with Crippen LogP contribution in [0.3, 0.4) is 0 Å². The Balaban J connectivity index is 2.34. The summed E-state index contributed by atoms with van der Waals surface area (Å²) < 4.78 is 26.4. The second-order valence-electron chi connectivity index (χ2n) is 6.19. The van der Waals surface area contributed by atoms with Crippen LogP contribution in [0.25, 0.3) is 11.1 Å². The monoisotopic (exact) mass is 362 g/mol. The van der Waals surface area contributed by atoms with Gasteiger partial charge in [-0.2, -0.15) is 4.31 Å². The number of aliphatic carboxylic acids is 1. The number of carboxylic acids is 1. The van der Waals surface area contributed by atoms with Crippen molar-refractivity contribution in [2.45, 2.75) is 24.8 Å². The first-order valence-electron chi connectivity index (χ1n) is 7.81. The summed E-state index contributed by atoms with van der Waals surface area (Å²) in [6.45, 7) is 3.35. The van der Waals surface area contributed by atoms with Gasteiger partial charge in [0.15, 0.2) is 0 Å². The number of benzene rings is 2. The van der Waals surface area contributed by atoms with E-state index in [1.54, 1.807) is 38.1 Å². The van der Waals surface area contributed by atoms with Crippen molar-refractivity contribution in [3.63, 3.8) is 0 Å². The molecule has 0 fully saturated rings. The normalized spacial score (nSPS) is 13.2. The highest BCUT2D eigenvalue weighted by atomic mass is 32.2. The average Bonchev–Trinajstić information content (AvgIpc) is 2.55. The topological polar surface area (TPSA) is 101 Å². The van der Waals surface area contributed by atoms with Crippen LogP contribution in [0.1, 0.15) is 13.8 Å². The number of carbonyl (C=O) groups is 1. The number of carboxylic acid groups (broad SMARTS) is 1. The molecular weight excluding hydrogens is 340 g/mol. The molecule has 134 valence electrons. The van der Waals surface area contributed by atoms with Gasteiger partial charge in [0, 0.05) is 12.7 Å². The highest BCUT2D eigenvalue weighted by Gasteiger charge is 2.34. The largest absolute Gasteiger partial charge is 0.480 e. The van der Waals surface area contributed by atoms with E-state index in [9.17, 15) is 18.3 Å². The van der Waals surface area contributed by atoms with Crippen molar-refractivity contribution in [1.82, 2.24) is 4.31 Å². The lowest BCUT2D eigenvalue weighted by atomic mass is 10.1. The van der Waals surface area contributed by atoms with Crippen LogP contribution in [0.2, 0.25) is 0 Å². The second kappa shape index (κ2) is 7.25. The van der Waals surface area contributed by atoms with Crippen molar-refractivity contribution in [3.05, 3.63) is 48.5 Å². The molecule has 6 nitrogen and oxygen atoms in total. The number of likely N-dealkylation sites (N-methyl/N-ethyl adjacent to an activating group) is 1. The predicted molar refractivity (Wildman–Crippen MR) is 97.5 cm³/mol. The van der Waals surface area contributed by atoms with Crippen LogP contribution in [0, 0.1) is 5.92 Å². The Morgan fingerprint density at radius 3 is 1.84 bits per heavy atom. The van der Waals surface area contributed by atoms with Crippen LogP contribution in [-0.2, 0) is 14.8 Å². The van der Waals surface area contributed by atoms with Gasteiger partial charge in [-0.1, -0.05) is 38.1 Å². The number of hydrogen-bond donors (Lipinski definition) is 2. The minimum absolute atomic E-state index is 0.0566. The molecule has 0 aliphatic rings. The molecule has 0 aromatic heterocycles. The van der Waals surface area contributed by atoms with E-state index in [2.05, 4.69) is 0 Å². The summed E-state index contributed by atoms with van der Waals surface area (Å²) in [5, 5.41) is 9.32. The number of hydrogen-bond acceptors (Lipinski definition) is 4. The lowest BCUT2D eigenvalue weighted by Gasteiger charge is -2.27. The quantitative estimate of drug-likeness (QED) is 0.770. The van der Waals surface area contributed by atoms with Gasteiger partial charge in [-0.25, -0.2) is 8.42 Å². The lowest BCUT2D eigenvalue weighted by molar-refractivity contribution is -0.142. The van der Waals surface area contributed by atoms with Gasteiger partial charge in [-0.15, -0.1) is 0 Å². The zero-order valence-corrected chi connectivity index (χ0v) is 15.2. The van der Waals surface area contributed by atoms with Gasteiger partial charge in [0.25, 0.3) is 0 Å². The molecular formula is C18H22N2O4S. The molecule has 0 bridgehead atoms. The number of nitrogens with two attached hydrogens (primary N) is 1. The highest BCUT2D eigenvalue weighted by Crippen LogP contribution is 2.25. The molecule has 0 heterocycles. The van der Waals surface area contributed by atoms with Crippen molar-refractivity contribution < 1.29 is 18.3 Å². The van der Waals surface area contributed by atoms with E-state index in [1.807, 2.05) is 12.1 Å². The fourth-order valence-corrected chi connectivity index (χ4v) is 4.12. The molecule has 2 aromatic carbocycles. The molecule has 0 aliphatic heterocycles. The molecule has 3 N–H and O–H groups in total. The minimum atomic E-state index is -3.90. The van der Waals surface area contributed by atoms with E-state index in [0.29, 0.717) is 5.69 Å². The van der Waals surface area contributed by atoms with Crippen LogP contribution in [0.4, 0.5) is 5.69 Å². The maximum Gasteiger partial charge on any atom is 0.322 e. The fraction of sp³-hybridized carbons (Fsp3) is 0.278. The van der Waals surface area contributed by atoms with Crippen molar-refractivity contribution in [1.29, 1.82) is 0 Å². The Morgan fingerprint density at radius 2 is 1.44 bits per heavy atom. The van der Waals surface area contributed by atoms with Gasteiger partial charge in [-0.05, 0) is 41.3 Å². The number of anilines is 1. The Bertz CT molecular complexity index is 844. The summed E-state index contributed by atoms with van der Waals surface area (Å²) in [7, 11) is -2.61. The summed E-state index contributed by atoms with van der Waals surface area (Å²) in [5.74, 6) is -1.52. The van der Waals surface area contributed by atoms with Crippen molar-refractivity contribution >= 4 is 21.7 Å². The van der Waals surface area contributed by atoms with E-state index in [4.69, 9.17) is 5.73 Å². The molecule has 1 atom stereocenters. The number of nitrogens with zero attached hydrogens (tertiary/aromatic N) is 1. The highest BCUT2D eigenvalue weighted by molar-refractivity contribution is 7.89. The Kier molecular flexibility index (Phi) is 5.49. The van der Waals surface area contributed by atoms with Crippen LogP contribution in [0.5, 0.6) is 0 Å². The molecule has 0 radical (unpaired) electrons. The number of nitrogen functional groups attached to an aromatic ring is 1. The third-order valence-corrected chi connectivity index (χ3v) is 5.90. The second-order valence-corrected chi connectivity index (χ2v) is 8.19. The average molecular weight is 362 g/mol. The molecule has 0 saturated carbocycles. The first-order valence-corrected chi connectivity index (χ1v) is 9.25. The van der Waals surface area contributed by atoms with Crippen LogP contribution in [-0.4, -0.2) is 36.9 Å². The van der Waals surface area contributed by atoms with E-state index in [1.165, 1.54) is 19.2 Å². The smallest absolute Gasteiger partial charge is 0.322 e. The van der Waals surface area contributed by atoms with Gasteiger partial charge in [0.2, 0.25) is 10.0 Å². The maximum absolute atomic E-state index is 12.7.